The summed E-state index contributed by atoms with van der Waals surface area (Å²) in [6, 6.07) is 0. The van der Waals surface area contributed by atoms with Crippen molar-refractivity contribution < 1.29 is 19.1 Å². The molecule has 0 aromatic heterocycles. The summed E-state index contributed by atoms with van der Waals surface area (Å²) in [5.74, 6) is -0.459. The Morgan fingerprint density at radius 1 is 1.14 bits per heavy atom. The molecule has 4 heteroatoms. The first kappa shape index (κ1) is 15.2. The van der Waals surface area contributed by atoms with Crippen LogP contribution < -0.4 is 0 Å². The minimum atomic E-state index is -0.651. The maximum absolute atomic E-state index is 12.0. The van der Waals surface area contributed by atoms with Crippen LogP contribution in [0.2, 0.25) is 0 Å². The summed E-state index contributed by atoms with van der Waals surface area (Å²) in [4.78, 5) is 23.6. The quantitative estimate of drug-likeness (QED) is 0.751. The summed E-state index contributed by atoms with van der Waals surface area (Å²) in [5, 5.41) is 0. The van der Waals surface area contributed by atoms with Crippen molar-refractivity contribution in [3.8, 4) is 0 Å². The summed E-state index contributed by atoms with van der Waals surface area (Å²) < 4.78 is 12.1. The molecule has 118 valence electrons. The van der Waals surface area contributed by atoms with Gasteiger partial charge in [-0.05, 0) is 30.6 Å². The minimum absolute atomic E-state index is 0.0264. The van der Waals surface area contributed by atoms with Gasteiger partial charge in [-0.15, -0.1) is 0 Å². The first-order valence-electron chi connectivity index (χ1n) is 8.15. The number of carbonyl (C=O) groups excluding carboxylic acids is 2. The van der Waals surface area contributed by atoms with Crippen LogP contribution in [-0.4, -0.2) is 31.6 Å². The van der Waals surface area contributed by atoms with E-state index in [0.29, 0.717) is 13.2 Å². The second-order valence-corrected chi connectivity index (χ2v) is 7.52. The monoisotopic (exact) mass is 294 g/mol. The molecule has 3 fully saturated rings. The van der Waals surface area contributed by atoms with Crippen LogP contribution in [0.4, 0.5) is 0 Å². The van der Waals surface area contributed by atoms with Crippen LogP contribution in [0.25, 0.3) is 0 Å². The largest absolute Gasteiger partial charge is 0.347 e. The van der Waals surface area contributed by atoms with Gasteiger partial charge in [0.25, 0.3) is 0 Å². The van der Waals surface area contributed by atoms with Gasteiger partial charge in [-0.25, -0.2) is 0 Å². The number of ether oxygens (including phenoxy) is 2. The molecule has 0 unspecified atom stereocenters. The predicted molar refractivity (Wildman–Crippen MR) is 77.6 cm³/mol. The van der Waals surface area contributed by atoms with Crippen LogP contribution in [0, 0.1) is 28.6 Å². The highest BCUT2D eigenvalue weighted by atomic mass is 16.7. The normalized spacial score (nSPS) is 46.2. The van der Waals surface area contributed by atoms with E-state index in [4.69, 9.17) is 9.47 Å². The van der Waals surface area contributed by atoms with E-state index in [2.05, 4.69) is 6.92 Å². The van der Waals surface area contributed by atoms with Gasteiger partial charge in [-0.2, -0.15) is 0 Å². The molecule has 3 rings (SSSR count). The predicted octanol–water partition coefficient (Wildman–Crippen LogP) is 2.60. The van der Waals surface area contributed by atoms with Crippen molar-refractivity contribution in [1.82, 2.24) is 0 Å². The molecular formula is C17H26O4. The van der Waals surface area contributed by atoms with Gasteiger partial charge in [0.15, 0.2) is 5.79 Å². The van der Waals surface area contributed by atoms with Gasteiger partial charge in [0.05, 0.1) is 13.2 Å². The van der Waals surface area contributed by atoms with E-state index in [1.807, 2.05) is 13.8 Å². The van der Waals surface area contributed by atoms with Crippen molar-refractivity contribution in [2.45, 2.75) is 52.2 Å². The lowest BCUT2D eigenvalue weighted by atomic mass is 9.49. The zero-order chi connectivity index (χ0) is 15.3. The zero-order valence-electron chi connectivity index (χ0n) is 13.3. The van der Waals surface area contributed by atoms with Crippen molar-refractivity contribution in [3.63, 3.8) is 0 Å². The van der Waals surface area contributed by atoms with Gasteiger partial charge in [0, 0.05) is 23.7 Å². The van der Waals surface area contributed by atoms with Crippen LogP contribution in [0.3, 0.4) is 0 Å². The van der Waals surface area contributed by atoms with Gasteiger partial charge >= 0.3 is 0 Å². The van der Waals surface area contributed by atoms with Crippen LogP contribution in [0.1, 0.15) is 46.5 Å². The van der Waals surface area contributed by atoms with Crippen LogP contribution >= 0.6 is 0 Å². The SMILES string of the molecule is C[C@@H]1CC[C@@]2([C@H](C)C=O)CCC3(OCCO3)[C@H]2[C@]1(C)C=O. The first-order chi connectivity index (χ1) is 9.95. The second kappa shape index (κ2) is 4.88. The van der Waals surface area contributed by atoms with E-state index in [-0.39, 0.29) is 23.2 Å². The Kier molecular flexibility index (Phi) is 3.53. The number of rotatable bonds is 3. The molecule has 3 aliphatic rings. The third kappa shape index (κ3) is 1.81. The van der Waals surface area contributed by atoms with E-state index in [1.54, 1.807) is 0 Å². The van der Waals surface area contributed by atoms with Crippen LogP contribution in [-0.2, 0) is 19.1 Å². The molecule has 1 heterocycles. The fourth-order valence-electron chi connectivity index (χ4n) is 5.40. The number of carbonyl (C=O) groups is 2. The van der Waals surface area contributed by atoms with Gasteiger partial charge < -0.3 is 19.1 Å². The molecule has 1 spiro atoms. The number of hydrogen-bond donors (Lipinski definition) is 0. The Labute approximate surface area is 126 Å². The van der Waals surface area contributed by atoms with Gasteiger partial charge in [-0.3, -0.25) is 0 Å². The molecule has 0 aromatic rings. The molecule has 2 saturated carbocycles. The molecule has 4 nitrogen and oxygen atoms in total. The molecule has 1 aliphatic heterocycles. The van der Waals surface area contributed by atoms with Crippen molar-refractivity contribution in [3.05, 3.63) is 0 Å². The van der Waals surface area contributed by atoms with Gasteiger partial charge in [0.1, 0.15) is 12.6 Å². The Morgan fingerprint density at radius 3 is 2.38 bits per heavy atom. The average Bonchev–Trinajstić information content (AvgIpc) is 3.10. The first-order valence-corrected chi connectivity index (χ1v) is 8.15. The van der Waals surface area contributed by atoms with E-state index < -0.39 is 11.2 Å². The van der Waals surface area contributed by atoms with Crippen molar-refractivity contribution in [2.75, 3.05) is 13.2 Å². The summed E-state index contributed by atoms with van der Waals surface area (Å²) in [6.45, 7) is 7.36. The molecule has 21 heavy (non-hydrogen) atoms. The van der Waals surface area contributed by atoms with E-state index >= 15 is 0 Å². The second-order valence-electron chi connectivity index (χ2n) is 7.52. The zero-order valence-corrected chi connectivity index (χ0v) is 13.3. The molecular weight excluding hydrogens is 268 g/mol. The lowest BCUT2D eigenvalue weighted by Crippen LogP contribution is -2.58. The molecule has 2 aliphatic carbocycles. The van der Waals surface area contributed by atoms with E-state index in [9.17, 15) is 9.59 Å². The van der Waals surface area contributed by atoms with Crippen molar-refractivity contribution in [2.24, 2.45) is 28.6 Å². The molecule has 0 N–H and O–H groups in total. The molecule has 0 radical (unpaired) electrons. The van der Waals surface area contributed by atoms with Crippen LogP contribution in [0.15, 0.2) is 0 Å². The minimum Gasteiger partial charge on any atom is -0.347 e. The number of aldehydes is 2. The third-order valence-electron chi connectivity index (χ3n) is 6.82. The molecule has 5 atom stereocenters. The molecule has 1 saturated heterocycles. The van der Waals surface area contributed by atoms with Crippen LogP contribution in [0.5, 0.6) is 0 Å². The maximum Gasteiger partial charge on any atom is 0.172 e. The highest BCUT2D eigenvalue weighted by Crippen LogP contribution is 2.68. The lowest BCUT2D eigenvalue weighted by Gasteiger charge is -2.55. The molecule has 0 bridgehead atoms. The van der Waals surface area contributed by atoms with Gasteiger partial charge in [0.2, 0.25) is 0 Å². The van der Waals surface area contributed by atoms with Crippen molar-refractivity contribution >= 4 is 12.6 Å². The fraction of sp³-hybridized carbons (Fsp3) is 0.882. The Hall–Kier alpha value is -0.740. The maximum atomic E-state index is 12.0. The van der Waals surface area contributed by atoms with E-state index in [0.717, 1.165) is 38.3 Å². The summed E-state index contributed by atoms with van der Waals surface area (Å²) >= 11 is 0. The number of hydrogen-bond acceptors (Lipinski definition) is 4. The Bertz CT molecular complexity index is 442. The Balaban J connectivity index is 2.12. The molecule has 0 amide bonds. The third-order valence-corrected chi connectivity index (χ3v) is 6.82. The summed E-state index contributed by atoms with van der Waals surface area (Å²) in [6.07, 6.45) is 5.84. The smallest absolute Gasteiger partial charge is 0.172 e. The standard InChI is InChI=1S/C17H26O4/c1-12-4-5-16(13(2)10-18)6-7-17(20-8-9-21-17)14(16)15(12,3)11-19/h10-14H,4-9H2,1-3H3/t12-,13-,14+,15-,16+/m1/s1. The lowest BCUT2D eigenvalue weighted by molar-refractivity contribution is -0.239. The topological polar surface area (TPSA) is 52.6 Å². The summed E-state index contributed by atoms with van der Waals surface area (Å²) in [5.41, 5.74) is -0.648. The Morgan fingerprint density at radius 2 is 1.81 bits per heavy atom. The van der Waals surface area contributed by atoms with Crippen molar-refractivity contribution in [1.29, 1.82) is 0 Å². The van der Waals surface area contributed by atoms with Gasteiger partial charge in [-0.1, -0.05) is 20.8 Å². The average molecular weight is 294 g/mol. The molecule has 0 aromatic carbocycles. The fourth-order valence-corrected chi connectivity index (χ4v) is 5.40. The highest BCUT2D eigenvalue weighted by Gasteiger charge is 2.69. The summed E-state index contributed by atoms with van der Waals surface area (Å²) in [7, 11) is 0. The highest BCUT2D eigenvalue weighted by molar-refractivity contribution is 5.63. The van der Waals surface area contributed by atoms with E-state index in [1.165, 1.54) is 0 Å². The number of fused-ring (bicyclic) bond motifs is 2.